The first-order valence-electron chi connectivity index (χ1n) is 6.55. The van der Waals surface area contributed by atoms with Crippen molar-refractivity contribution in [3.63, 3.8) is 0 Å². The molecule has 0 aliphatic heterocycles. The number of halogens is 1. The van der Waals surface area contributed by atoms with E-state index in [0.717, 1.165) is 25.7 Å². The van der Waals surface area contributed by atoms with Crippen LogP contribution in [0, 0.1) is 5.41 Å². The first-order valence-corrected chi connectivity index (χ1v) is 6.92. The van der Waals surface area contributed by atoms with Crippen molar-refractivity contribution in [3.05, 3.63) is 17.3 Å². The molecular formula is C13H18ClN3O2. The first-order chi connectivity index (χ1) is 9.10. The number of nitrogens with one attached hydrogen (secondary N) is 1. The van der Waals surface area contributed by atoms with Crippen molar-refractivity contribution < 1.29 is 9.90 Å². The molecule has 2 rings (SSSR count). The molecule has 0 radical (unpaired) electrons. The van der Waals surface area contributed by atoms with Crippen LogP contribution in [-0.4, -0.2) is 27.8 Å². The number of rotatable bonds is 5. The quantitative estimate of drug-likeness (QED) is 0.869. The summed E-state index contributed by atoms with van der Waals surface area (Å²) < 4.78 is 0. The van der Waals surface area contributed by atoms with Gasteiger partial charge >= 0.3 is 5.97 Å². The fraction of sp³-hybridized carbons (Fsp3) is 0.615. The second kappa shape index (κ2) is 6.19. The van der Waals surface area contributed by atoms with Gasteiger partial charge in [-0.3, -0.25) is 4.79 Å². The summed E-state index contributed by atoms with van der Waals surface area (Å²) in [5, 5.41) is 20.3. The number of hydrogen-bond acceptors (Lipinski definition) is 4. The van der Waals surface area contributed by atoms with Crippen LogP contribution in [0.15, 0.2) is 12.1 Å². The number of aliphatic carboxylic acids is 1. The molecule has 1 aliphatic carbocycles. The van der Waals surface area contributed by atoms with Crippen molar-refractivity contribution in [1.29, 1.82) is 0 Å². The van der Waals surface area contributed by atoms with Gasteiger partial charge in [0.2, 0.25) is 0 Å². The number of nitrogens with zero attached hydrogens (tertiary/aromatic N) is 2. The van der Waals surface area contributed by atoms with Gasteiger partial charge in [-0.1, -0.05) is 30.9 Å². The molecule has 19 heavy (non-hydrogen) atoms. The molecule has 6 heteroatoms. The molecular weight excluding hydrogens is 266 g/mol. The topological polar surface area (TPSA) is 75.1 Å². The van der Waals surface area contributed by atoms with E-state index in [4.69, 9.17) is 16.7 Å². The standard InChI is InChI=1S/C13H18ClN3O2/c14-10-4-5-11(17-16-10)15-9-13(8-12(18)19)6-2-1-3-7-13/h4-5H,1-3,6-9H2,(H,15,17)(H,18,19). The number of aromatic nitrogens is 2. The summed E-state index contributed by atoms with van der Waals surface area (Å²) in [5.41, 5.74) is -0.161. The molecule has 0 saturated heterocycles. The van der Waals surface area contributed by atoms with Crippen LogP contribution in [0.4, 0.5) is 5.82 Å². The van der Waals surface area contributed by atoms with Gasteiger partial charge in [0.1, 0.15) is 5.82 Å². The van der Waals surface area contributed by atoms with E-state index in [1.807, 2.05) is 0 Å². The third-order valence-electron chi connectivity index (χ3n) is 3.72. The van der Waals surface area contributed by atoms with E-state index in [9.17, 15) is 4.79 Å². The molecule has 0 spiro atoms. The van der Waals surface area contributed by atoms with E-state index in [1.54, 1.807) is 12.1 Å². The maximum atomic E-state index is 11.1. The van der Waals surface area contributed by atoms with Crippen LogP contribution in [0.3, 0.4) is 0 Å². The van der Waals surface area contributed by atoms with Crippen LogP contribution in [0.25, 0.3) is 0 Å². The largest absolute Gasteiger partial charge is 0.481 e. The summed E-state index contributed by atoms with van der Waals surface area (Å²) in [6.07, 6.45) is 5.51. The molecule has 0 aromatic carbocycles. The zero-order chi connectivity index (χ0) is 13.7. The van der Waals surface area contributed by atoms with Crippen LogP contribution >= 0.6 is 11.6 Å². The number of hydrogen-bond donors (Lipinski definition) is 2. The minimum absolute atomic E-state index is 0.161. The summed E-state index contributed by atoms with van der Waals surface area (Å²) in [6, 6.07) is 3.42. The zero-order valence-corrected chi connectivity index (χ0v) is 11.5. The lowest BCUT2D eigenvalue weighted by Gasteiger charge is -2.36. The third kappa shape index (κ3) is 4.06. The molecule has 0 atom stereocenters. The first kappa shape index (κ1) is 14.1. The highest BCUT2D eigenvalue weighted by atomic mass is 35.5. The molecule has 1 aliphatic rings. The Morgan fingerprint density at radius 3 is 2.63 bits per heavy atom. The smallest absolute Gasteiger partial charge is 0.303 e. The molecule has 1 fully saturated rings. The molecule has 1 aromatic heterocycles. The van der Waals surface area contributed by atoms with Crippen molar-refractivity contribution >= 4 is 23.4 Å². The number of carboxylic acid groups (broad SMARTS) is 1. The predicted octanol–water partition coefficient (Wildman–Crippen LogP) is 2.97. The van der Waals surface area contributed by atoms with E-state index in [1.165, 1.54) is 6.42 Å². The maximum Gasteiger partial charge on any atom is 0.303 e. The Hall–Kier alpha value is -1.36. The van der Waals surface area contributed by atoms with Gasteiger partial charge in [-0.25, -0.2) is 0 Å². The van der Waals surface area contributed by atoms with Gasteiger partial charge in [0, 0.05) is 6.54 Å². The Balaban J connectivity index is 1.99. The van der Waals surface area contributed by atoms with Crippen molar-refractivity contribution in [2.75, 3.05) is 11.9 Å². The molecule has 104 valence electrons. The van der Waals surface area contributed by atoms with E-state index < -0.39 is 5.97 Å². The normalized spacial score (nSPS) is 17.9. The fourth-order valence-corrected chi connectivity index (χ4v) is 2.83. The highest BCUT2D eigenvalue weighted by Crippen LogP contribution is 2.39. The summed E-state index contributed by atoms with van der Waals surface area (Å²) in [7, 11) is 0. The van der Waals surface area contributed by atoms with Gasteiger partial charge in [0.05, 0.1) is 6.42 Å². The monoisotopic (exact) mass is 283 g/mol. The second-order valence-electron chi connectivity index (χ2n) is 5.23. The average Bonchev–Trinajstić information content (AvgIpc) is 2.38. The minimum Gasteiger partial charge on any atom is -0.481 e. The van der Waals surface area contributed by atoms with Gasteiger partial charge in [-0.2, -0.15) is 0 Å². The lowest BCUT2D eigenvalue weighted by Crippen LogP contribution is -2.34. The highest BCUT2D eigenvalue weighted by Gasteiger charge is 2.34. The lowest BCUT2D eigenvalue weighted by molar-refractivity contribution is -0.140. The average molecular weight is 284 g/mol. The molecule has 0 unspecified atom stereocenters. The minimum atomic E-state index is -0.731. The van der Waals surface area contributed by atoms with Crippen LogP contribution in [0.2, 0.25) is 5.15 Å². The Bertz CT molecular complexity index is 430. The second-order valence-corrected chi connectivity index (χ2v) is 5.61. The van der Waals surface area contributed by atoms with Crippen molar-refractivity contribution in [2.45, 2.75) is 38.5 Å². The van der Waals surface area contributed by atoms with Crippen LogP contribution in [0.1, 0.15) is 38.5 Å². The lowest BCUT2D eigenvalue weighted by atomic mass is 9.72. The summed E-state index contributed by atoms with van der Waals surface area (Å²) >= 11 is 5.68. The third-order valence-corrected chi connectivity index (χ3v) is 3.92. The van der Waals surface area contributed by atoms with Crippen LogP contribution in [-0.2, 0) is 4.79 Å². The van der Waals surface area contributed by atoms with Crippen LogP contribution in [0.5, 0.6) is 0 Å². The van der Waals surface area contributed by atoms with Crippen molar-refractivity contribution in [3.8, 4) is 0 Å². The summed E-state index contributed by atoms with van der Waals surface area (Å²) in [5.74, 6) is -0.0920. The molecule has 5 nitrogen and oxygen atoms in total. The maximum absolute atomic E-state index is 11.1. The van der Waals surface area contributed by atoms with E-state index in [2.05, 4.69) is 15.5 Å². The van der Waals surface area contributed by atoms with Gasteiger partial charge in [-0.15, -0.1) is 10.2 Å². The van der Waals surface area contributed by atoms with Crippen LogP contribution < -0.4 is 5.32 Å². The number of carboxylic acids is 1. The molecule has 0 amide bonds. The van der Waals surface area contributed by atoms with Gasteiger partial charge < -0.3 is 10.4 Å². The molecule has 1 saturated carbocycles. The summed E-state index contributed by atoms with van der Waals surface area (Å²) in [6.45, 7) is 0.621. The van der Waals surface area contributed by atoms with E-state index in [-0.39, 0.29) is 11.8 Å². The number of anilines is 1. The van der Waals surface area contributed by atoms with E-state index in [0.29, 0.717) is 17.5 Å². The zero-order valence-electron chi connectivity index (χ0n) is 10.7. The summed E-state index contributed by atoms with van der Waals surface area (Å²) in [4.78, 5) is 11.1. The van der Waals surface area contributed by atoms with Crippen molar-refractivity contribution in [1.82, 2.24) is 10.2 Å². The van der Waals surface area contributed by atoms with Gasteiger partial charge in [0.25, 0.3) is 0 Å². The Morgan fingerprint density at radius 2 is 2.05 bits per heavy atom. The van der Waals surface area contributed by atoms with Gasteiger partial charge in [0.15, 0.2) is 5.15 Å². The number of carbonyl (C=O) groups is 1. The Morgan fingerprint density at radius 1 is 1.32 bits per heavy atom. The van der Waals surface area contributed by atoms with Gasteiger partial charge in [-0.05, 0) is 30.4 Å². The van der Waals surface area contributed by atoms with E-state index >= 15 is 0 Å². The highest BCUT2D eigenvalue weighted by molar-refractivity contribution is 6.29. The Labute approximate surface area is 117 Å². The Kier molecular flexibility index (Phi) is 4.58. The molecule has 1 heterocycles. The predicted molar refractivity (Wildman–Crippen MR) is 73.3 cm³/mol. The van der Waals surface area contributed by atoms with Crippen molar-refractivity contribution in [2.24, 2.45) is 5.41 Å². The fourth-order valence-electron chi connectivity index (χ4n) is 2.73. The molecule has 2 N–H and O–H groups in total. The SMILES string of the molecule is O=C(O)CC1(CNc2ccc(Cl)nn2)CCCCC1. The molecule has 0 bridgehead atoms. The molecule has 1 aromatic rings.